The summed E-state index contributed by atoms with van der Waals surface area (Å²) < 4.78 is 5.98. The number of hydrogen-bond acceptors (Lipinski definition) is 4. The van der Waals surface area contributed by atoms with Gasteiger partial charge in [0.25, 0.3) is 5.91 Å². The molecule has 2 heterocycles. The SMILES string of the molecule is Cc1ccc([C@@H](C(=O)NCCc2ccccc2)N(C(=O)Cc2cccs2)c2cccc3ccccc23)o1. The average Bonchev–Trinajstić information content (AvgIpc) is 3.59. The number of nitrogens with zero attached hydrogens (tertiary/aromatic N) is 1. The number of carbonyl (C=O) groups excluding carboxylic acids is 2. The lowest BCUT2D eigenvalue weighted by molar-refractivity contribution is -0.126. The van der Waals surface area contributed by atoms with E-state index in [2.05, 4.69) is 5.32 Å². The lowest BCUT2D eigenvalue weighted by Crippen LogP contribution is -2.45. The van der Waals surface area contributed by atoms with Crippen molar-refractivity contribution >= 4 is 39.6 Å². The maximum atomic E-state index is 14.0. The van der Waals surface area contributed by atoms with Gasteiger partial charge >= 0.3 is 0 Å². The molecule has 0 fully saturated rings. The van der Waals surface area contributed by atoms with Gasteiger partial charge in [0.05, 0.1) is 12.1 Å². The number of nitrogens with one attached hydrogen (secondary N) is 1. The molecule has 5 nitrogen and oxygen atoms in total. The first kappa shape index (κ1) is 24.5. The Labute approximate surface area is 220 Å². The number of rotatable bonds is 9. The van der Waals surface area contributed by atoms with Crippen molar-refractivity contribution in [1.82, 2.24) is 5.32 Å². The Morgan fingerprint density at radius 3 is 2.43 bits per heavy atom. The Balaban J connectivity index is 1.54. The molecular formula is C31H28N2O3S. The third-order valence-electron chi connectivity index (χ3n) is 6.29. The van der Waals surface area contributed by atoms with Crippen molar-refractivity contribution in [2.24, 2.45) is 0 Å². The average molecular weight is 509 g/mol. The maximum Gasteiger partial charge on any atom is 0.251 e. The first-order valence-electron chi connectivity index (χ1n) is 12.3. The van der Waals surface area contributed by atoms with E-state index in [9.17, 15) is 9.59 Å². The third kappa shape index (κ3) is 5.65. The van der Waals surface area contributed by atoms with Crippen molar-refractivity contribution in [3.63, 3.8) is 0 Å². The normalized spacial score (nSPS) is 11.8. The number of amides is 2. The lowest BCUT2D eigenvalue weighted by Gasteiger charge is -2.31. The van der Waals surface area contributed by atoms with E-state index < -0.39 is 6.04 Å². The number of aryl methyl sites for hydroxylation is 1. The van der Waals surface area contributed by atoms with E-state index in [1.54, 1.807) is 11.0 Å². The van der Waals surface area contributed by atoms with Crippen molar-refractivity contribution in [1.29, 1.82) is 0 Å². The van der Waals surface area contributed by atoms with Crippen molar-refractivity contribution in [2.75, 3.05) is 11.4 Å². The number of benzene rings is 3. The lowest BCUT2D eigenvalue weighted by atomic mass is 10.0. The van der Waals surface area contributed by atoms with Gasteiger partial charge in [-0.15, -0.1) is 11.3 Å². The highest BCUT2D eigenvalue weighted by Crippen LogP contribution is 2.35. The van der Waals surface area contributed by atoms with Crippen LogP contribution < -0.4 is 10.2 Å². The minimum Gasteiger partial charge on any atom is -0.464 e. The van der Waals surface area contributed by atoms with Crippen molar-refractivity contribution in [2.45, 2.75) is 25.8 Å². The summed E-state index contributed by atoms with van der Waals surface area (Å²) in [6, 6.07) is 30.2. The minimum absolute atomic E-state index is 0.170. The Morgan fingerprint density at radius 1 is 0.892 bits per heavy atom. The minimum atomic E-state index is -0.956. The summed E-state index contributed by atoms with van der Waals surface area (Å²) in [5, 5.41) is 6.91. The fraction of sp³-hybridized carbons (Fsp3) is 0.161. The molecule has 0 saturated heterocycles. The molecule has 2 amide bonds. The number of anilines is 1. The van der Waals surface area contributed by atoms with Crippen molar-refractivity contribution in [3.05, 3.63) is 124 Å². The van der Waals surface area contributed by atoms with Crippen LogP contribution in [0.1, 0.15) is 28.0 Å². The van der Waals surface area contributed by atoms with E-state index in [1.165, 1.54) is 11.3 Å². The number of hydrogen-bond donors (Lipinski definition) is 1. The monoisotopic (exact) mass is 508 g/mol. The third-order valence-corrected chi connectivity index (χ3v) is 7.17. The molecule has 0 bridgehead atoms. The summed E-state index contributed by atoms with van der Waals surface area (Å²) >= 11 is 1.53. The molecule has 0 aliphatic heterocycles. The van der Waals surface area contributed by atoms with Gasteiger partial charge in [-0.05, 0) is 53.9 Å². The van der Waals surface area contributed by atoms with Gasteiger partial charge in [-0.25, -0.2) is 0 Å². The molecule has 3 aromatic carbocycles. The fourth-order valence-corrected chi connectivity index (χ4v) is 5.22. The van der Waals surface area contributed by atoms with Crippen LogP contribution in [0.5, 0.6) is 0 Å². The molecule has 1 atom stereocenters. The second-order valence-electron chi connectivity index (χ2n) is 8.90. The standard InChI is InChI=1S/C31H28N2O3S/c1-22-16-17-28(36-22)30(31(35)32-19-18-23-9-3-2-4-10-23)33(29(34)21-25-13-8-20-37-25)27-15-7-12-24-11-5-6-14-26(24)27/h2-17,20,30H,18-19,21H2,1H3,(H,32,35)/t30-/m0/s1. The van der Waals surface area contributed by atoms with Crippen LogP contribution in [0, 0.1) is 6.92 Å². The molecule has 37 heavy (non-hydrogen) atoms. The van der Waals surface area contributed by atoms with Gasteiger partial charge in [0.1, 0.15) is 11.5 Å². The van der Waals surface area contributed by atoms with Crippen LogP contribution in [0.15, 0.2) is 107 Å². The van der Waals surface area contributed by atoms with Gasteiger partial charge in [-0.2, -0.15) is 0 Å². The van der Waals surface area contributed by atoms with Gasteiger partial charge in [0.2, 0.25) is 5.91 Å². The van der Waals surface area contributed by atoms with E-state index >= 15 is 0 Å². The largest absolute Gasteiger partial charge is 0.464 e. The summed E-state index contributed by atoms with van der Waals surface area (Å²) in [4.78, 5) is 30.4. The highest BCUT2D eigenvalue weighted by molar-refractivity contribution is 7.10. The summed E-state index contributed by atoms with van der Waals surface area (Å²) in [6.07, 6.45) is 0.877. The van der Waals surface area contributed by atoms with Gasteiger partial charge in [-0.1, -0.05) is 72.8 Å². The second-order valence-corrected chi connectivity index (χ2v) is 9.93. The summed E-state index contributed by atoms with van der Waals surface area (Å²) in [7, 11) is 0. The summed E-state index contributed by atoms with van der Waals surface area (Å²) in [6.45, 7) is 2.28. The van der Waals surface area contributed by atoms with Crippen LogP contribution in [0.4, 0.5) is 5.69 Å². The van der Waals surface area contributed by atoms with Gasteiger partial charge in [-0.3, -0.25) is 14.5 Å². The molecule has 0 aliphatic carbocycles. The van der Waals surface area contributed by atoms with E-state index in [-0.39, 0.29) is 18.2 Å². The molecule has 186 valence electrons. The molecule has 0 unspecified atom stereocenters. The van der Waals surface area contributed by atoms with Gasteiger partial charge < -0.3 is 9.73 Å². The van der Waals surface area contributed by atoms with Crippen molar-refractivity contribution in [3.8, 4) is 0 Å². The zero-order valence-electron chi connectivity index (χ0n) is 20.6. The molecule has 0 radical (unpaired) electrons. The van der Waals surface area contributed by atoms with Crippen LogP contribution in [0.3, 0.4) is 0 Å². The van der Waals surface area contributed by atoms with E-state index in [4.69, 9.17) is 4.42 Å². The highest BCUT2D eigenvalue weighted by atomic mass is 32.1. The van der Waals surface area contributed by atoms with Crippen LogP contribution in [0.25, 0.3) is 10.8 Å². The fourth-order valence-electron chi connectivity index (χ4n) is 4.53. The van der Waals surface area contributed by atoms with Crippen LogP contribution >= 0.6 is 11.3 Å². The molecule has 1 N–H and O–H groups in total. The quantitative estimate of drug-likeness (QED) is 0.248. The van der Waals surface area contributed by atoms with Crippen LogP contribution in [-0.4, -0.2) is 18.4 Å². The zero-order valence-corrected chi connectivity index (χ0v) is 21.4. The second kappa shape index (κ2) is 11.3. The van der Waals surface area contributed by atoms with Crippen LogP contribution in [-0.2, 0) is 22.4 Å². The number of furan rings is 1. The Kier molecular flexibility index (Phi) is 7.47. The number of thiophene rings is 1. The van der Waals surface area contributed by atoms with Crippen LogP contribution in [0.2, 0.25) is 0 Å². The topological polar surface area (TPSA) is 62.6 Å². The molecule has 0 saturated carbocycles. The zero-order chi connectivity index (χ0) is 25.6. The van der Waals surface area contributed by atoms with E-state index in [1.807, 2.05) is 103 Å². The molecule has 6 heteroatoms. The Hall–Kier alpha value is -4.16. The number of carbonyl (C=O) groups is 2. The molecular weight excluding hydrogens is 480 g/mol. The van der Waals surface area contributed by atoms with E-state index in [0.29, 0.717) is 30.2 Å². The first-order valence-corrected chi connectivity index (χ1v) is 13.2. The van der Waals surface area contributed by atoms with Crippen molar-refractivity contribution < 1.29 is 14.0 Å². The summed E-state index contributed by atoms with van der Waals surface area (Å²) in [5.74, 6) is 0.664. The highest BCUT2D eigenvalue weighted by Gasteiger charge is 2.35. The Bertz CT molecular complexity index is 1490. The predicted octanol–water partition coefficient (Wildman–Crippen LogP) is 6.48. The summed E-state index contributed by atoms with van der Waals surface area (Å²) in [5.41, 5.74) is 1.81. The molecule has 2 aromatic heterocycles. The predicted molar refractivity (Wildman–Crippen MR) is 149 cm³/mol. The smallest absolute Gasteiger partial charge is 0.251 e. The van der Waals surface area contributed by atoms with Gasteiger partial charge in [0.15, 0.2) is 6.04 Å². The number of fused-ring (bicyclic) bond motifs is 1. The molecule has 5 rings (SSSR count). The molecule has 5 aromatic rings. The Morgan fingerprint density at radius 2 is 1.68 bits per heavy atom. The first-order chi connectivity index (χ1) is 18.1. The van der Waals surface area contributed by atoms with Gasteiger partial charge in [0, 0.05) is 16.8 Å². The molecule has 0 spiro atoms. The van der Waals surface area contributed by atoms with E-state index in [0.717, 1.165) is 21.2 Å². The maximum absolute atomic E-state index is 14.0. The molecule has 0 aliphatic rings.